The van der Waals surface area contributed by atoms with Gasteiger partial charge in [-0.05, 0) is 43.4 Å². The van der Waals surface area contributed by atoms with Crippen molar-refractivity contribution in [2.75, 3.05) is 18.8 Å². The average Bonchev–Trinajstić information content (AvgIpc) is 3.16. The molecule has 4 nitrogen and oxygen atoms in total. The topological polar surface area (TPSA) is 54.5 Å². The lowest BCUT2D eigenvalue weighted by Gasteiger charge is -2.46. The van der Waals surface area contributed by atoms with Gasteiger partial charge in [-0.3, -0.25) is 4.79 Å². The fourth-order valence-corrected chi connectivity index (χ4v) is 7.64. The zero-order valence-electron chi connectivity index (χ0n) is 15.8. The van der Waals surface area contributed by atoms with Crippen molar-refractivity contribution in [3.05, 3.63) is 35.6 Å². The van der Waals surface area contributed by atoms with E-state index in [0.717, 1.165) is 50.5 Å². The zero-order valence-corrected chi connectivity index (χ0v) is 16.6. The van der Waals surface area contributed by atoms with E-state index in [-0.39, 0.29) is 24.0 Å². The van der Waals surface area contributed by atoms with Gasteiger partial charge >= 0.3 is 0 Å². The average molecular weight is 394 g/mol. The second kappa shape index (κ2) is 6.87. The van der Waals surface area contributed by atoms with Gasteiger partial charge in [0.05, 0.1) is 15.9 Å². The van der Waals surface area contributed by atoms with Gasteiger partial charge in [-0.15, -0.1) is 0 Å². The lowest BCUT2D eigenvalue weighted by atomic mass is 9.77. The van der Waals surface area contributed by atoms with Gasteiger partial charge in [-0.1, -0.05) is 44.2 Å². The van der Waals surface area contributed by atoms with Crippen LogP contribution in [-0.2, 0) is 20.0 Å². The Bertz CT molecular complexity index is 806. The molecule has 2 saturated carbocycles. The number of nitrogens with zero attached hydrogens (tertiary/aromatic N) is 1. The van der Waals surface area contributed by atoms with Gasteiger partial charge in [0.25, 0.3) is 0 Å². The number of sulfone groups is 1. The first-order valence-corrected chi connectivity index (χ1v) is 11.8. The number of benzene rings is 1. The first kappa shape index (κ1) is 18.9. The number of carbonyl (C=O) groups is 1. The van der Waals surface area contributed by atoms with E-state index in [1.807, 2.05) is 4.90 Å². The van der Waals surface area contributed by atoms with Crippen molar-refractivity contribution in [1.82, 2.24) is 4.90 Å². The summed E-state index contributed by atoms with van der Waals surface area (Å²) in [5.41, 5.74) is 0.252. The lowest BCUT2D eigenvalue weighted by molar-refractivity contribution is -0.138. The molecule has 1 aromatic rings. The minimum Gasteiger partial charge on any atom is -0.339 e. The van der Waals surface area contributed by atoms with Gasteiger partial charge in [0, 0.05) is 13.1 Å². The van der Waals surface area contributed by atoms with Crippen LogP contribution in [0.4, 0.5) is 4.39 Å². The molecule has 1 aromatic carbocycles. The van der Waals surface area contributed by atoms with Gasteiger partial charge in [-0.25, -0.2) is 12.8 Å². The van der Waals surface area contributed by atoms with Crippen molar-refractivity contribution in [2.45, 2.75) is 67.9 Å². The van der Waals surface area contributed by atoms with E-state index in [2.05, 4.69) is 0 Å². The van der Waals surface area contributed by atoms with Crippen LogP contribution < -0.4 is 0 Å². The summed E-state index contributed by atoms with van der Waals surface area (Å²) in [4.78, 5) is 15.5. The van der Waals surface area contributed by atoms with E-state index < -0.39 is 20.0 Å². The first-order chi connectivity index (χ1) is 12.9. The Labute approximate surface area is 161 Å². The highest BCUT2D eigenvalue weighted by Gasteiger charge is 2.52. The molecule has 0 atom stereocenters. The SMILES string of the molecule is O=C(N1CCS(=O)(=O)C2(CCCCC2)C1)C1(c2ccc(F)cc2)CCCC1. The smallest absolute Gasteiger partial charge is 0.233 e. The number of halogens is 1. The van der Waals surface area contributed by atoms with Gasteiger partial charge in [0.2, 0.25) is 5.91 Å². The summed E-state index contributed by atoms with van der Waals surface area (Å²) < 4.78 is 38.4. The zero-order chi connectivity index (χ0) is 19.1. The monoisotopic (exact) mass is 393 g/mol. The fraction of sp³-hybridized carbons (Fsp3) is 0.667. The second-order valence-corrected chi connectivity index (χ2v) is 11.1. The summed E-state index contributed by atoms with van der Waals surface area (Å²) in [5.74, 6) is -0.186. The third kappa shape index (κ3) is 3.10. The molecule has 1 spiro atoms. The number of amides is 1. The lowest BCUT2D eigenvalue weighted by Crippen LogP contribution is -2.61. The molecule has 1 amide bonds. The molecular weight excluding hydrogens is 365 g/mol. The molecule has 1 heterocycles. The van der Waals surface area contributed by atoms with E-state index in [1.165, 1.54) is 12.1 Å². The van der Waals surface area contributed by atoms with E-state index in [4.69, 9.17) is 0 Å². The summed E-state index contributed by atoms with van der Waals surface area (Å²) >= 11 is 0. The Morgan fingerprint density at radius 1 is 0.926 bits per heavy atom. The predicted molar refractivity (Wildman–Crippen MR) is 103 cm³/mol. The Morgan fingerprint density at radius 2 is 1.52 bits per heavy atom. The molecule has 148 valence electrons. The largest absolute Gasteiger partial charge is 0.339 e. The number of hydrogen-bond acceptors (Lipinski definition) is 3. The molecule has 4 rings (SSSR count). The van der Waals surface area contributed by atoms with E-state index in [0.29, 0.717) is 19.4 Å². The number of rotatable bonds is 2. The van der Waals surface area contributed by atoms with E-state index in [1.54, 1.807) is 12.1 Å². The molecule has 1 aliphatic heterocycles. The van der Waals surface area contributed by atoms with E-state index in [9.17, 15) is 17.6 Å². The molecule has 0 radical (unpaired) electrons. The normalized spacial score (nSPS) is 26.2. The van der Waals surface area contributed by atoms with Crippen molar-refractivity contribution in [3.8, 4) is 0 Å². The van der Waals surface area contributed by atoms with Crippen LogP contribution in [0.1, 0.15) is 63.4 Å². The molecule has 0 bridgehead atoms. The van der Waals surface area contributed by atoms with Crippen LogP contribution in [0.15, 0.2) is 24.3 Å². The quantitative estimate of drug-likeness (QED) is 0.771. The maximum Gasteiger partial charge on any atom is 0.233 e. The second-order valence-electron chi connectivity index (χ2n) is 8.59. The van der Waals surface area contributed by atoms with Crippen LogP contribution in [0.25, 0.3) is 0 Å². The fourth-order valence-electron chi connectivity index (χ4n) is 5.49. The molecule has 0 aromatic heterocycles. The Kier molecular flexibility index (Phi) is 4.81. The molecule has 3 fully saturated rings. The van der Waals surface area contributed by atoms with Crippen LogP contribution in [0, 0.1) is 5.82 Å². The summed E-state index contributed by atoms with van der Waals surface area (Å²) in [6.07, 6.45) is 7.72. The van der Waals surface area contributed by atoms with Crippen molar-refractivity contribution in [2.24, 2.45) is 0 Å². The molecule has 3 aliphatic rings. The molecule has 0 unspecified atom stereocenters. The minimum absolute atomic E-state index is 0.0476. The van der Waals surface area contributed by atoms with E-state index >= 15 is 0 Å². The predicted octanol–water partition coefficient (Wildman–Crippen LogP) is 3.60. The standard InChI is InChI=1S/C21H28FNO3S/c22-18-8-6-17(7-9-18)21(12-4-5-13-21)19(24)23-14-15-27(25,26)20(16-23)10-2-1-3-11-20/h6-9H,1-5,10-16H2. The molecular formula is C21H28FNO3S. The minimum atomic E-state index is -3.17. The van der Waals surface area contributed by atoms with Crippen molar-refractivity contribution in [1.29, 1.82) is 0 Å². The molecule has 2 aliphatic carbocycles. The third-order valence-corrected chi connectivity index (χ3v) is 9.66. The Balaban J connectivity index is 1.65. The van der Waals surface area contributed by atoms with Crippen molar-refractivity contribution in [3.63, 3.8) is 0 Å². The van der Waals surface area contributed by atoms with Crippen molar-refractivity contribution >= 4 is 15.7 Å². The molecule has 6 heteroatoms. The van der Waals surface area contributed by atoms with Gasteiger partial charge < -0.3 is 4.90 Å². The van der Waals surface area contributed by atoms with Crippen LogP contribution in [-0.4, -0.2) is 42.8 Å². The van der Waals surface area contributed by atoms with Gasteiger partial charge in [-0.2, -0.15) is 0 Å². The highest BCUT2D eigenvalue weighted by Crippen LogP contribution is 2.45. The first-order valence-electron chi connectivity index (χ1n) is 10.2. The maximum absolute atomic E-state index is 13.7. The van der Waals surface area contributed by atoms with Crippen molar-refractivity contribution < 1.29 is 17.6 Å². The number of carbonyl (C=O) groups excluding carboxylic acids is 1. The van der Waals surface area contributed by atoms with Gasteiger partial charge in [0.15, 0.2) is 9.84 Å². The third-order valence-electron chi connectivity index (χ3n) is 7.08. The summed E-state index contributed by atoms with van der Waals surface area (Å²) in [6, 6.07) is 6.31. The van der Waals surface area contributed by atoms with Crippen LogP contribution in [0.3, 0.4) is 0 Å². The number of hydrogen-bond donors (Lipinski definition) is 0. The van der Waals surface area contributed by atoms with Crippen LogP contribution >= 0.6 is 0 Å². The maximum atomic E-state index is 13.7. The molecule has 27 heavy (non-hydrogen) atoms. The molecule has 1 saturated heterocycles. The molecule has 0 N–H and O–H groups in total. The summed E-state index contributed by atoms with van der Waals surface area (Å²) in [7, 11) is -3.17. The summed E-state index contributed by atoms with van der Waals surface area (Å²) in [6.45, 7) is 0.614. The highest BCUT2D eigenvalue weighted by molar-refractivity contribution is 7.92. The van der Waals surface area contributed by atoms with Gasteiger partial charge in [0.1, 0.15) is 5.82 Å². The van der Waals surface area contributed by atoms with Crippen LogP contribution in [0.2, 0.25) is 0 Å². The Morgan fingerprint density at radius 3 is 2.15 bits per heavy atom. The Hall–Kier alpha value is -1.43. The highest BCUT2D eigenvalue weighted by atomic mass is 32.2. The van der Waals surface area contributed by atoms with Crippen LogP contribution in [0.5, 0.6) is 0 Å². The summed E-state index contributed by atoms with van der Waals surface area (Å²) in [5, 5.41) is 0.